The largest absolute Gasteiger partial charge is 0.499 e. The summed E-state index contributed by atoms with van der Waals surface area (Å²) in [5.41, 5.74) is 0. The van der Waals surface area contributed by atoms with Crippen LogP contribution in [0, 0.1) is 0 Å². The Kier molecular flexibility index (Phi) is 19.7. The Morgan fingerprint density at radius 1 is 0.778 bits per heavy atom. The Hall–Kier alpha value is -0.0500. The van der Waals surface area contributed by atoms with Gasteiger partial charge in [-0.3, -0.25) is 4.52 Å². The molecule has 0 bridgehead atoms. The molecule has 0 amide bonds. The van der Waals surface area contributed by atoms with Crippen LogP contribution in [0.2, 0.25) is 0 Å². The van der Waals surface area contributed by atoms with E-state index < -0.39 is 7.82 Å². The second-order valence-corrected chi connectivity index (χ2v) is 12.7. The van der Waals surface area contributed by atoms with Crippen molar-refractivity contribution < 1.29 is 37.5 Å². The van der Waals surface area contributed by atoms with Crippen molar-refractivity contribution in [3.8, 4) is 0 Å². The van der Waals surface area contributed by atoms with Gasteiger partial charge in [0.05, 0.1) is 40.5 Å². The van der Waals surface area contributed by atoms with Crippen LogP contribution >= 0.6 is 7.82 Å². The van der Waals surface area contributed by atoms with Crippen molar-refractivity contribution in [2.75, 3.05) is 54.1 Å². The van der Waals surface area contributed by atoms with E-state index in [2.05, 4.69) is 11.6 Å². The predicted molar refractivity (Wildman–Crippen MR) is 145 cm³/mol. The van der Waals surface area contributed by atoms with Gasteiger partial charge in [-0.15, -0.1) is 4.67 Å². The lowest BCUT2D eigenvalue weighted by Crippen LogP contribution is -2.38. The van der Waals surface area contributed by atoms with Crippen molar-refractivity contribution >= 4 is 7.82 Å². The average Bonchev–Trinajstić information content (AvgIpc) is 2.81. The zero-order valence-electron chi connectivity index (χ0n) is 23.8. The molecule has 8 nitrogen and oxygen atoms in total. The molecule has 0 aromatic heterocycles. The maximum Gasteiger partial charge on any atom is 0.499 e. The number of phosphoric acid groups is 1. The van der Waals surface area contributed by atoms with E-state index in [-0.39, 0.29) is 25.4 Å². The van der Waals surface area contributed by atoms with Crippen LogP contribution in [-0.4, -0.2) is 75.7 Å². The molecule has 0 aromatic carbocycles. The molecule has 0 aromatic rings. The summed E-state index contributed by atoms with van der Waals surface area (Å²) in [6.07, 6.45) is 21.3. The Morgan fingerprint density at radius 2 is 1.25 bits per heavy atom. The van der Waals surface area contributed by atoms with Crippen molar-refractivity contribution in [3.05, 3.63) is 0 Å². The van der Waals surface area contributed by atoms with Gasteiger partial charge in [0.1, 0.15) is 25.9 Å². The molecule has 0 saturated carbocycles. The summed E-state index contributed by atoms with van der Waals surface area (Å²) in [6.45, 7) is 3.89. The van der Waals surface area contributed by atoms with Gasteiger partial charge in [-0.1, -0.05) is 103 Å². The third-order valence-electron chi connectivity index (χ3n) is 6.58. The number of quaternary nitrogens is 1. The molecule has 0 aliphatic carbocycles. The molecular formula is C27H57NO7P+. The molecule has 1 heterocycles. The lowest BCUT2D eigenvalue weighted by atomic mass is 10.0. The van der Waals surface area contributed by atoms with Gasteiger partial charge in [0.25, 0.3) is 0 Å². The number of unbranched alkanes of at least 4 members (excludes halogenated alkanes) is 14. The quantitative estimate of drug-likeness (QED) is 0.0475. The number of hydrogen-bond donors (Lipinski definition) is 1. The third kappa shape index (κ3) is 20.9. The summed E-state index contributed by atoms with van der Waals surface area (Å²) < 4.78 is 33.6. The summed E-state index contributed by atoms with van der Waals surface area (Å²) in [7, 11) is 1.68. The second-order valence-electron chi connectivity index (χ2n) is 11.3. The summed E-state index contributed by atoms with van der Waals surface area (Å²) >= 11 is 0. The standard InChI is InChI=1S/C27H56NO7P/c1-5-6-7-8-9-10-11-12-13-14-15-16-17-18-19-20-26-23-32-27(24-31-26)25-33-35-36(29,30)34-22-21-28(2,3)4/h26-27H,5-25H2,1-4H3/p+1/t26-,27-/m0/s1. The van der Waals surface area contributed by atoms with E-state index in [4.69, 9.17) is 18.9 Å². The highest BCUT2D eigenvalue weighted by atomic mass is 31.2. The van der Waals surface area contributed by atoms with Crippen molar-refractivity contribution in [2.24, 2.45) is 0 Å². The second kappa shape index (κ2) is 20.9. The van der Waals surface area contributed by atoms with Crippen LogP contribution in [0.5, 0.6) is 0 Å². The zero-order chi connectivity index (χ0) is 26.5. The average molecular weight is 539 g/mol. The highest BCUT2D eigenvalue weighted by Crippen LogP contribution is 2.43. The number of phosphoric ester groups is 1. The minimum Gasteiger partial charge on any atom is -0.373 e. The summed E-state index contributed by atoms with van der Waals surface area (Å²) in [6, 6.07) is 0. The maximum atomic E-state index is 11.8. The van der Waals surface area contributed by atoms with Crippen molar-refractivity contribution in [3.63, 3.8) is 0 Å². The lowest BCUT2D eigenvalue weighted by Gasteiger charge is -2.29. The molecule has 36 heavy (non-hydrogen) atoms. The summed E-state index contributed by atoms with van der Waals surface area (Å²) in [5.74, 6) is 0. The number of ether oxygens (including phenoxy) is 2. The van der Waals surface area contributed by atoms with Gasteiger partial charge in [0.15, 0.2) is 0 Å². The lowest BCUT2D eigenvalue weighted by molar-refractivity contribution is -0.870. The minimum absolute atomic E-state index is 0.0227. The molecule has 1 saturated heterocycles. The molecule has 1 aliphatic rings. The normalized spacial score (nSPS) is 20.5. The highest BCUT2D eigenvalue weighted by Gasteiger charge is 2.27. The number of hydrogen-bond acceptors (Lipinski definition) is 6. The van der Waals surface area contributed by atoms with Crippen LogP contribution in [0.4, 0.5) is 0 Å². The van der Waals surface area contributed by atoms with Crippen LogP contribution in [0.15, 0.2) is 0 Å². The molecule has 1 rings (SSSR count). The first-order valence-electron chi connectivity index (χ1n) is 14.5. The van der Waals surface area contributed by atoms with E-state index in [1.165, 1.54) is 89.9 Å². The first-order chi connectivity index (χ1) is 17.2. The van der Waals surface area contributed by atoms with Gasteiger partial charge in [-0.05, 0) is 6.42 Å². The Morgan fingerprint density at radius 3 is 1.72 bits per heavy atom. The number of rotatable bonds is 24. The van der Waals surface area contributed by atoms with E-state index in [0.717, 1.165) is 12.8 Å². The zero-order valence-corrected chi connectivity index (χ0v) is 24.7. The summed E-state index contributed by atoms with van der Waals surface area (Å²) in [4.78, 5) is 14.6. The van der Waals surface area contributed by atoms with E-state index in [1.807, 2.05) is 21.1 Å². The fraction of sp³-hybridized carbons (Fsp3) is 1.00. The molecule has 216 valence electrons. The van der Waals surface area contributed by atoms with Gasteiger partial charge < -0.3 is 18.9 Å². The monoisotopic (exact) mass is 538 g/mol. The van der Waals surface area contributed by atoms with Crippen molar-refractivity contribution in [1.29, 1.82) is 0 Å². The molecule has 1 unspecified atom stereocenters. The van der Waals surface area contributed by atoms with E-state index in [9.17, 15) is 9.46 Å². The van der Waals surface area contributed by atoms with E-state index >= 15 is 0 Å². The van der Waals surface area contributed by atoms with Gasteiger partial charge in [0, 0.05) is 0 Å². The van der Waals surface area contributed by atoms with Crippen LogP contribution in [0.3, 0.4) is 0 Å². The van der Waals surface area contributed by atoms with Gasteiger partial charge in [-0.25, -0.2) is 9.45 Å². The molecule has 0 radical (unpaired) electrons. The Bertz CT molecular complexity index is 551. The molecule has 0 spiro atoms. The Labute approximate surface area is 221 Å². The fourth-order valence-corrected chi connectivity index (χ4v) is 4.76. The third-order valence-corrected chi connectivity index (χ3v) is 7.39. The molecule has 9 heteroatoms. The van der Waals surface area contributed by atoms with Crippen LogP contribution in [0.25, 0.3) is 0 Å². The molecule has 1 aliphatic heterocycles. The van der Waals surface area contributed by atoms with Gasteiger partial charge in [-0.2, -0.15) is 0 Å². The topological polar surface area (TPSA) is 83.5 Å². The van der Waals surface area contributed by atoms with Crippen LogP contribution in [-0.2, 0) is 28.1 Å². The molecule has 1 fully saturated rings. The fourth-order valence-electron chi connectivity index (χ4n) is 4.21. The smallest absolute Gasteiger partial charge is 0.373 e. The molecule has 3 atom stereocenters. The van der Waals surface area contributed by atoms with Crippen molar-refractivity contribution in [2.45, 2.75) is 122 Å². The first-order valence-corrected chi connectivity index (χ1v) is 16.0. The van der Waals surface area contributed by atoms with Gasteiger partial charge >= 0.3 is 7.82 Å². The highest BCUT2D eigenvalue weighted by molar-refractivity contribution is 7.47. The Balaban J connectivity index is 1.88. The number of likely N-dealkylation sites (N-methyl/N-ethyl adjacent to an activating group) is 1. The molecule has 1 N–H and O–H groups in total. The first kappa shape index (κ1) is 34.0. The van der Waals surface area contributed by atoms with Crippen LogP contribution < -0.4 is 0 Å². The maximum absolute atomic E-state index is 11.8. The predicted octanol–water partition coefficient (Wildman–Crippen LogP) is 6.80. The minimum atomic E-state index is -4.23. The molecular weight excluding hydrogens is 481 g/mol. The summed E-state index contributed by atoms with van der Waals surface area (Å²) in [5, 5.41) is 0. The van der Waals surface area contributed by atoms with E-state index in [0.29, 0.717) is 24.2 Å². The van der Waals surface area contributed by atoms with Crippen LogP contribution in [0.1, 0.15) is 110 Å². The van der Waals surface area contributed by atoms with Gasteiger partial charge in [0.2, 0.25) is 0 Å². The van der Waals surface area contributed by atoms with E-state index in [1.54, 1.807) is 0 Å². The van der Waals surface area contributed by atoms with Crippen molar-refractivity contribution in [1.82, 2.24) is 0 Å². The number of nitrogens with zero attached hydrogens (tertiary/aromatic N) is 1. The SMILES string of the molecule is CCCCCCCCCCCCCCCCC[C@H]1CO[C@H](COOP(=O)(O)OCC[N+](C)(C)C)CO1.